The number of ether oxygens (including phenoxy) is 1. The van der Waals surface area contributed by atoms with E-state index in [1.54, 1.807) is 0 Å². The zero-order valence-corrected chi connectivity index (χ0v) is 9.21. The molecule has 0 bridgehead atoms. The maximum atomic E-state index is 9.72. The van der Waals surface area contributed by atoms with Gasteiger partial charge in [0.1, 0.15) is 24.0 Å². The van der Waals surface area contributed by atoms with Gasteiger partial charge in [-0.3, -0.25) is 0 Å². The van der Waals surface area contributed by atoms with Crippen LogP contribution in [0.5, 0.6) is 0 Å². The Kier molecular flexibility index (Phi) is 3.40. The van der Waals surface area contributed by atoms with Crippen molar-refractivity contribution in [2.75, 3.05) is 6.61 Å². The quantitative estimate of drug-likeness (QED) is 0.483. The van der Waals surface area contributed by atoms with Gasteiger partial charge in [-0.15, -0.1) is 5.10 Å². The summed E-state index contributed by atoms with van der Waals surface area (Å²) in [6.45, 7) is 1.14. The topological polar surface area (TPSA) is 121 Å². The number of aromatic nitrogens is 3. The van der Waals surface area contributed by atoms with Crippen LogP contribution >= 0.6 is 0 Å². The van der Waals surface area contributed by atoms with Crippen molar-refractivity contribution in [2.45, 2.75) is 37.6 Å². The second kappa shape index (κ2) is 4.67. The van der Waals surface area contributed by atoms with E-state index in [1.807, 2.05) is 0 Å². The highest BCUT2D eigenvalue weighted by molar-refractivity contribution is 4.98. The molecule has 2 rings (SSSR count). The predicted molar refractivity (Wildman–Crippen MR) is 53.7 cm³/mol. The van der Waals surface area contributed by atoms with Crippen LogP contribution in [0.15, 0.2) is 6.20 Å². The average molecular weight is 245 g/mol. The van der Waals surface area contributed by atoms with Crippen LogP contribution in [-0.4, -0.2) is 60.3 Å². The van der Waals surface area contributed by atoms with Gasteiger partial charge < -0.3 is 25.2 Å². The van der Waals surface area contributed by atoms with Crippen molar-refractivity contribution < 1.29 is 25.2 Å². The molecule has 0 radical (unpaired) electrons. The van der Waals surface area contributed by atoms with Crippen LogP contribution in [0, 0.1) is 0 Å². The molecule has 1 aromatic heterocycles. The summed E-state index contributed by atoms with van der Waals surface area (Å²) in [7, 11) is 0. The molecule has 0 spiro atoms. The minimum absolute atomic E-state index is 0.336. The van der Waals surface area contributed by atoms with E-state index in [0.717, 1.165) is 0 Å². The van der Waals surface area contributed by atoms with Crippen molar-refractivity contribution in [1.82, 2.24) is 15.0 Å². The highest BCUT2D eigenvalue weighted by atomic mass is 16.6. The van der Waals surface area contributed by atoms with Crippen LogP contribution in [0.2, 0.25) is 0 Å². The highest BCUT2D eigenvalue weighted by Crippen LogP contribution is 2.28. The van der Waals surface area contributed by atoms with Gasteiger partial charge in [-0.25, -0.2) is 4.68 Å². The average Bonchev–Trinajstić information content (AvgIpc) is 2.87. The molecule has 0 amide bonds. The third-order valence-electron chi connectivity index (χ3n) is 2.73. The Morgan fingerprint density at radius 1 is 1.47 bits per heavy atom. The molecule has 0 aromatic carbocycles. The third kappa shape index (κ3) is 2.17. The highest BCUT2D eigenvalue weighted by Gasteiger charge is 2.43. The molecule has 4 N–H and O–H groups in total. The van der Waals surface area contributed by atoms with Gasteiger partial charge in [-0.2, -0.15) is 0 Å². The summed E-state index contributed by atoms with van der Waals surface area (Å²) < 4.78 is 6.46. The Labute approximate surface area is 97.1 Å². The lowest BCUT2D eigenvalue weighted by atomic mass is 10.1. The Hall–Kier alpha value is -1.06. The largest absolute Gasteiger partial charge is 0.394 e. The minimum atomic E-state index is -1.20. The first-order valence-corrected chi connectivity index (χ1v) is 5.27. The van der Waals surface area contributed by atoms with Gasteiger partial charge >= 0.3 is 0 Å². The van der Waals surface area contributed by atoms with Crippen LogP contribution in [0.3, 0.4) is 0 Å². The van der Waals surface area contributed by atoms with Crippen LogP contribution in [0.4, 0.5) is 0 Å². The summed E-state index contributed by atoms with van der Waals surface area (Å²) in [5.41, 5.74) is 0.336. The molecule has 8 heteroatoms. The van der Waals surface area contributed by atoms with E-state index in [-0.39, 0.29) is 0 Å². The van der Waals surface area contributed by atoms with E-state index in [2.05, 4.69) is 10.3 Å². The molecule has 1 saturated heterocycles. The second-order valence-electron chi connectivity index (χ2n) is 4.03. The SMILES string of the molecule is CC(O)c1cn([C@@H]2O[C@H](CO)[C@@H](O)[C@H]2O)nn1. The summed E-state index contributed by atoms with van der Waals surface area (Å²) in [5.74, 6) is 0. The fraction of sp³-hybridized carbons (Fsp3) is 0.778. The molecule has 1 aromatic rings. The van der Waals surface area contributed by atoms with E-state index in [4.69, 9.17) is 9.84 Å². The first-order chi connectivity index (χ1) is 8.04. The zero-order chi connectivity index (χ0) is 12.6. The maximum Gasteiger partial charge on any atom is 0.180 e. The van der Waals surface area contributed by atoms with E-state index in [9.17, 15) is 15.3 Å². The molecule has 1 aliphatic heterocycles. The normalized spacial score (nSPS) is 35.1. The third-order valence-corrected chi connectivity index (χ3v) is 2.73. The molecule has 17 heavy (non-hydrogen) atoms. The van der Waals surface area contributed by atoms with Gasteiger partial charge in [0.15, 0.2) is 6.23 Å². The molecular weight excluding hydrogens is 230 g/mol. The van der Waals surface area contributed by atoms with E-state index < -0.39 is 37.3 Å². The summed E-state index contributed by atoms with van der Waals surface area (Å²) in [6, 6.07) is 0. The number of rotatable bonds is 3. The van der Waals surface area contributed by atoms with Crippen molar-refractivity contribution in [3.63, 3.8) is 0 Å². The summed E-state index contributed by atoms with van der Waals surface area (Å²) in [5, 5.41) is 44.9. The summed E-state index contributed by atoms with van der Waals surface area (Å²) in [4.78, 5) is 0. The predicted octanol–water partition coefficient (Wildman–Crippen LogP) is -2.06. The van der Waals surface area contributed by atoms with Gasteiger partial charge in [0.25, 0.3) is 0 Å². The molecule has 96 valence electrons. The van der Waals surface area contributed by atoms with Crippen LogP contribution in [0.1, 0.15) is 24.9 Å². The number of hydrogen-bond donors (Lipinski definition) is 4. The second-order valence-corrected chi connectivity index (χ2v) is 4.03. The van der Waals surface area contributed by atoms with Gasteiger partial charge in [0.2, 0.25) is 0 Å². The maximum absolute atomic E-state index is 9.72. The molecule has 8 nitrogen and oxygen atoms in total. The van der Waals surface area contributed by atoms with E-state index in [1.165, 1.54) is 17.8 Å². The van der Waals surface area contributed by atoms with Gasteiger partial charge in [0, 0.05) is 0 Å². The molecule has 0 saturated carbocycles. The first-order valence-electron chi connectivity index (χ1n) is 5.27. The molecule has 1 unspecified atom stereocenters. The molecule has 1 fully saturated rings. The van der Waals surface area contributed by atoms with Crippen molar-refractivity contribution >= 4 is 0 Å². The Bertz CT molecular complexity index is 382. The Morgan fingerprint density at radius 2 is 2.18 bits per heavy atom. The fourth-order valence-corrected chi connectivity index (χ4v) is 1.70. The van der Waals surface area contributed by atoms with Crippen LogP contribution < -0.4 is 0 Å². The monoisotopic (exact) mass is 245 g/mol. The number of aliphatic hydroxyl groups is 4. The lowest BCUT2D eigenvalue weighted by molar-refractivity contribution is -0.0594. The van der Waals surface area contributed by atoms with E-state index >= 15 is 0 Å². The zero-order valence-electron chi connectivity index (χ0n) is 9.21. The summed E-state index contributed by atoms with van der Waals surface area (Å²) >= 11 is 0. The van der Waals surface area contributed by atoms with Crippen LogP contribution in [-0.2, 0) is 4.74 Å². The van der Waals surface area contributed by atoms with Crippen LogP contribution in [0.25, 0.3) is 0 Å². The molecule has 2 heterocycles. The fourth-order valence-electron chi connectivity index (χ4n) is 1.70. The molecule has 5 atom stereocenters. The van der Waals surface area contributed by atoms with Gasteiger partial charge in [-0.1, -0.05) is 5.21 Å². The Morgan fingerprint density at radius 3 is 2.65 bits per heavy atom. The van der Waals surface area contributed by atoms with E-state index in [0.29, 0.717) is 5.69 Å². The molecular formula is C9H15N3O5. The Balaban J connectivity index is 2.17. The number of hydrogen-bond acceptors (Lipinski definition) is 7. The summed E-state index contributed by atoms with van der Waals surface area (Å²) in [6.07, 6.45) is -3.50. The number of nitrogens with zero attached hydrogens (tertiary/aromatic N) is 3. The van der Waals surface area contributed by atoms with Gasteiger partial charge in [0.05, 0.1) is 18.9 Å². The van der Waals surface area contributed by atoms with Gasteiger partial charge in [-0.05, 0) is 6.92 Å². The molecule has 0 aliphatic carbocycles. The van der Waals surface area contributed by atoms with Crippen molar-refractivity contribution in [3.05, 3.63) is 11.9 Å². The lowest BCUT2D eigenvalue weighted by Crippen LogP contribution is -2.33. The van der Waals surface area contributed by atoms with Crippen molar-refractivity contribution in [1.29, 1.82) is 0 Å². The van der Waals surface area contributed by atoms with Crippen molar-refractivity contribution in [2.24, 2.45) is 0 Å². The first kappa shape index (κ1) is 12.4. The molecule has 1 aliphatic rings. The lowest BCUT2D eigenvalue weighted by Gasteiger charge is -2.13. The minimum Gasteiger partial charge on any atom is -0.394 e. The standard InChI is InChI=1S/C9H15N3O5/c1-4(14)5-2-12(11-10-5)9-8(16)7(15)6(3-13)17-9/h2,4,6-9,13-16H,3H2,1H3/t4?,6-,7-,8-,9-/m1/s1. The number of aliphatic hydroxyl groups excluding tert-OH is 4. The smallest absolute Gasteiger partial charge is 0.180 e. The van der Waals surface area contributed by atoms with Crippen molar-refractivity contribution in [3.8, 4) is 0 Å².